The highest BCUT2D eigenvalue weighted by atomic mass is 35.5. The van der Waals surface area contributed by atoms with Crippen molar-refractivity contribution in [2.75, 3.05) is 4.72 Å². The number of nitrogens with one attached hydrogen (secondary N) is 2. The molecule has 0 aliphatic carbocycles. The fraction of sp³-hybridized carbons (Fsp3) is 0.0625. The van der Waals surface area contributed by atoms with Crippen LogP contribution in [0.3, 0.4) is 0 Å². The molecule has 2 aromatic heterocycles. The van der Waals surface area contributed by atoms with Gasteiger partial charge in [0.15, 0.2) is 0 Å². The van der Waals surface area contributed by atoms with Gasteiger partial charge in [-0.25, -0.2) is 13.4 Å². The number of hydrogen-bond acceptors (Lipinski definition) is 3. The molecule has 0 saturated heterocycles. The van der Waals surface area contributed by atoms with E-state index in [0.29, 0.717) is 16.5 Å². The summed E-state index contributed by atoms with van der Waals surface area (Å²) in [5.74, 6) is 0. The lowest BCUT2D eigenvalue weighted by atomic mass is 10.2. The van der Waals surface area contributed by atoms with Gasteiger partial charge in [0, 0.05) is 11.9 Å². The molecule has 0 unspecified atom stereocenters. The van der Waals surface area contributed by atoms with Crippen molar-refractivity contribution in [2.24, 2.45) is 0 Å². The van der Waals surface area contributed by atoms with E-state index in [-0.39, 0.29) is 4.90 Å². The Morgan fingerprint density at radius 2 is 1.87 bits per heavy atom. The monoisotopic (exact) mass is 347 g/mol. The van der Waals surface area contributed by atoms with Gasteiger partial charge in [-0.2, -0.15) is 0 Å². The van der Waals surface area contributed by atoms with Crippen LogP contribution in [0.15, 0.2) is 59.6 Å². The lowest BCUT2D eigenvalue weighted by Crippen LogP contribution is -2.13. The largest absolute Gasteiger partial charge is 0.360 e. The van der Waals surface area contributed by atoms with E-state index in [2.05, 4.69) is 14.7 Å². The second kappa shape index (κ2) is 6.06. The number of aromatic amines is 1. The van der Waals surface area contributed by atoms with Crippen LogP contribution in [0.25, 0.3) is 11.3 Å². The number of nitrogens with zero attached hydrogens (tertiary/aromatic N) is 1. The number of sulfonamides is 1. The third kappa shape index (κ3) is 3.38. The third-order valence-electron chi connectivity index (χ3n) is 3.35. The smallest absolute Gasteiger partial charge is 0.263 e. The minimum Gasteiger partial charge on any atom is -0.360 e. The maximum atomic E-state index is 12.5. The van der Waals surface area contributed by atoms with Crippen molar-refractivity contribution in [3.05, 3.63) is 65.6 Å². The molecule has 0 bridgehead atoms. The lowest BCUT2D eigenvalue weighted by Gasteiger charge is -2.08. The molecule has 0 spiro atoms. The summed E-state index contributed by atoms with van der Waals surface area (Å²) >= 11 is 5.78. The first-order valence-electron chi connectivity index (χ1n) is 6.85. The molecule has 0 aliphatic heterocycles. The van der Waals surface area contributed by atoms with Crippen molar-refractivity contribution >= 4 is 27.3 Å². The van der Waals surface area contributed by atoms with Crippen LogP contribution in [-0.4, -0.2) is 18.4 Å². The quantitative estimate of drug-likeness (QED) is 0.704. The summed E-state index contributed by atoms with van der Waals surface area (Å²) in [4.78, 5) is 7.17. The molecule has 2 N–H and O–H groups in total. The lowest BCUT2D eigenvalue weighted by molar-refractivity contribution is 0.601. The molecule has 7 heteroatoms. The van der Waals surface area contributed by atoms with Gasteiger partial charge in [-0.15, -0.1) is 0 Å². The van der Waals surface area contributed by atoms with Crippen molar-refractivity contribution < 1.29 is 8.42 Å². The van der Waals surface area contributed by atoms with Crippen molar-refractivity contribution in [1.82, 2.24) is 9.97 Å². The first kappa shape index (κ1) is 15.6. The van der Waals surface area contributed by atoms with Crippen LogP contribution in [0.4, 0.5) is 5.69 Å². The molecule has 23 heavy (non-hydrogen) atoms. The van der Waals surface area contributed by atoms with Gasteiger partial charge >= 0.3 is 0 Å². The van der Waals surface area contributed by atoms with Gasteiger partial charge < -0.3 is 4.98 Å². The Morgan fingerprint density at radius 1 is 1.13 bits per heavy atom. The van der Waals surface area contributed by atoms with E-state index in [1.54, 1.807) is 25.1 Å². The Hall–Kier alpha value is -2.31. The molecule has 3 aromatic rings. The number of anilines is 1. The Morgan fingerprint density at radius 3 is 2.57 bits per heavy atom. The number of halogens is 1. The zero-order valence-electron chi connectivity index (χ0n) is 12.2. The van der Waals surface area contributed by atoms with Gasteiger partial charge in [0.25, 0.3) is 10.0 Å². The normalized spacial score (nSPS) is 11.4. The summed E-state index contributed by atoms with van der Waals surface area (Å²) in [5.41, 5.74) is 2.56. The maximum absolute atomic E-state index is 12.5. The van der Waals surface area contributed by atoms with Gasteiger partial charge in [-0.3, -0.25) is 4.72 Å². The second-order valence-corrected chi connectivity index (χ2v) is 7.06. The fourth-order valence-electron chi connectivity index (χ4n) is 2.16. The summed E-state index contributed by atoms with van der Waals surface area (Å²) in [6.07, 6.45) is 1.46. The fourth-order valence-corrected chi connectivity index (χ4v) is 3.46. The van der Waals surface area contributed by atoms with E-state index in [0.717, 1.165) is 11.3 Å². The molecule has 0 amide bonds. The predicted octanol–water partition coefficient (Wildman–Crippen LogP) is 3.84. The van der Waals surface area contributed by atoms with Crippen LogP contribution in [0.2, 0.25) is 5.15 Å². The average molecular weight is 348 g/mol. The van der Waals surface area contributed by atoms with E-state index in [9.17, 15) is 8.42 Å². The highest BCUT2D eigenvalue weighted by Gasteiger charge is 2.18. The second-order valence-electron chi connectivity index (χ2n) is 4.99. The van der Waals surface area contributed by atoms with E-state index in [4.69, 9.17) is 11.6 Å². The minimum atomic E-state index is -3.70. The zero-order chi connectivity index (χ0) is 16.4. The van der Waals surface area contributed by atoms with Gasteiger partial charge in [0.2, 0.25) is 0 Å². The Bertz CT molecular complexity index is 937. The SMILES string of the molecule is Cc1nc(Cl)ccc1NS(=O)(=O)c1c[nH]c(-c2ccccc2)c1. The average Bonchev–Trinajstić information content (AvgIpc) is 3.02. The van der Waals surface area contributed by atoms with E-state index < -0.39 is 10.0 Å². The number of aromatic nitrogens is 2. The third-order valence-corrected chi connectivity index (χ3v) is 4.90. The Labute approximate surface area is 139 Å². The van der Waals surface area contributed by atoms with Crippen LogP contribution in [0, 0.1) is 6.92 Å². The number of benzene rings is 1. The zero-order valence-corrected chi connectivity index (χ0v) is 13.8. The van der Waals surface area contributed by atoms with Gasteiger partial charge in [0.1, 0.15) is 10.0 Å². The molecule has 0 radical (unpaired) electrons. The van der Waals surface area contributed by atoms with Crippen LogP contribution >= 0.6 is 11.6 Å². The molecule has 2 heterocycles. The minimum absolute atomic E-state index is 0.158. The molecule has 0 atom stereocenters. The Kier molecular flexibility index (Phi) is 4.11. The number of pyridine rings is 1. The van der Waals surface area contributed by atoms with Crippen LogP contribution in [0.5, 0.6) is 0 Å². The first-order chi connectivity index (χ1) is 11.0. The van der Waals surface area contributed by atoms with Crippen molar-refractivity contribution in [2.45, 2.75) is 11.8 Å². The molecule has 0 saturated carbocycles. The van der Waals surface area contributed by atoms with Crippen molar-refractivity contribution in [3.8, 4) is 11.3 Å². The molecule has 0 fully saturated rings. The maximum Gasteiger partial charge on any atom is 0.263 e. The molecule has 5 nitrogen and oxygen atoms in total. The van der Waals surface area contributed by atoms with E-state index >= 15 is 0 Å². The number of hydrogen-bond donors (Lipinski definition) is 2. The molecular weight excluding hydrogens is 334 g/mol. The number of rotatable bonds is 4. The molecular formula is C16H14ClN3O2S. The summed E-state index contributed by atoms with van der Waals surface area (Å²) in [7, 11) is -3.70. The first-order valence-corrected chi connectivity index (χ1v) is 8.71. The molecule has 1 aromatic carbocycles. The van der Waals surface area contributed by atoms with Gasteiger partial charge in [-0.1, -0.05) is 41.9 Å². The molecule has 3 rings (SSSR count). The summed E-state index contributed by atoms with van der Waals surface area (Å²) in [5, 5.41) is 0.318. The van der Waals surface area contributed by atoms with Gasteiger partial charge in [-0.05, 0) is 30.7 Å². The van der Waals surface area contributed by atoms with E-state index in [1.807, 2.05) is 30.3 Å². The van der Waals surface area contributed by atoms with Gasteiger partial charge in [0.05, 0.1) is 11.4 Å². The summed E-state index contributed by atoms with van der Waals surface area (Å²) in [6.45, 7) is 1.69. The standard InChI is InChI=1S/C16H14ClN3O2S/c1-11-14(7-8-16(17)19-11)20-23(21,22)13-9-15(18-10-13)12-5-3-2-4-6-12/h2-10,18,20H,1H3. The van der Waals surface area contributed by atoms with Crippen LogP contribution in [0.1, 0.15) is 5.69 Å². The number of H-pyrrole nitrogens is 1. The summed E-state index contributed by atoms with van der Waals surface area (Å²) < 4.78 is 27.5. The van der Waals surface area contributed by atoms with Crippen LogP contribution in [-0.2, 0) is 10.0 Å². The highest BCUT2D eigenvalue weighted by molar-refractivity contribution is 7.92. The number of aryl methyl sites for hydroxylation is 1. The molecule has 118 valence electrons. The van der Waals surface area contributed by atoms with Crippen LogP contribution < -0.4 is 4.72 Å². The van der Waals surface area contributed by atoms with Crippen molar-refractivity contribution in [1.29, 1.82) is 0 Å². The van der Waals surface area contributed by atoms with E-state index in [1.165, 1.54) is 6.20 Å². The summed E-state index contributed by atoms with van der Waals surface area (Å²) in [6, 6.07) is 14.2. The topological polar surface area (TPSA) is 74.8 Å². The predicted molar refractivity (Wildman–Crippen MR) is 91.0 cm³/mol. The Balaban J connectivity index is 1.90. The molecule has 0 aliphatic rings. The highest BCUT2D eigenvalue weighted by Crippen LogP contribution is 2.24. The van der Waals surface area contributed by atoms with Crippen molar-refractivity contribution in [3.63, 3.8) is 0 Å².